The second kappa shape index (κ2) is 5.33. The third-order valence-corrected chi connectivity index (χ3v) is 5.02. The van der Waals surface area contributed by atoms with Gasteiger partial charge < -0.3 is 4.90 Å². The molecule has 0 aliphatic heterocycles. The molecule has 110 valence electrons. The van der Waals surface area contributed by atoms with E-state index in [9.17, 15) is 17.6 Å². The first-order chi connectivity index (χ1) is 9.21. The van der Waals surface area contributed by atoms with Gasteiger partial charge >= 0.3 is 0 Å². The standard InChI is InChI=1S/C13H15ClFNO3S/c1-8-6-10(20(14,18)19)7-11(12(8)15)13(17)16(2)9-4-3-5-9/h6-7,9H,3-5H2,1-2H3. The summed E-state index contributed by atoms with van der Waals surface area (Å²) in [7, 11) is 2.86. The summed E-state index contributed by atoms with van der Waals surface area (Å²) in [5.74, 6) is -1.22. The minimum Gasteiger partial charge on any atom is -0.339 e. The molecule has 0 heterocycles. The summed E-state index contributed by atoms with van der Waals surface area (Å²) in [5, 5.41) is 0. The molecule has 20 heavy (non-hydrogen) atoms. The zero-order valence-corrected chi connectivity index (χ0v) is 12.8. The Morgan fingerprint density at radius 2 is 2.00 bits per heavy atom. The Bertz CT molecular complexity index is 656. The van der Waals surface area contributed by atoms with E-state index in [1.165, 1.54) is 11.8 Å². The van der Waals surface area contributed by atoms with Gasteiger partial charge in [0.25, 0.3) is 15.0 Å². The van der Waals surface area contributed by atoms with Crippen molar-refractivity contribution in [1.29, 1.82) is 0 Å². The summed E-state index contributed by atoms with van der Waals surface area (Å²) in [4.78, 5) is 13.5. The summed E-state index contributed by atoms with van der Waals surface area (Å²) < 4.78 is 36.8. The molecule has 0 saturated heterocycles. The van der Waals surface area contributed by atoms with Crippen LogP contribution >= 0.6 is 10.7 Å². The number of benzene rings is 1. The number of carbonyl (C=O) groups excluding carboxylic acids is 1. The highest BCUT2D eigenvalue weighted by atomic mass is 35.7. The van der Waals surface area contributed by atoms with Crippen LogP contribution in [0.1, 0.15) is 35.2 Å². The molecule has 0 unspecified atom stereocenters. The van der Waals surface area contributed by atoms with E-state index in [0.717, 1.165) is 31.4 Å². The smallest absolute Gasteiger partial charge is 0.261 e. The Balaban J connectivity index is 2.44. The van der Waals surface area contributed by atoms with E-state index in [0.29, 0.717) is 0 Å². The van der Waals surface area contributed by atoms with Gasteiger partial charge in [0.1, 0.15) is 5.82 Å². The first-order valence-electron chi connectivity index (χ1n) is 6.24. The molecule has 0 N–H and O–H groups in total. The maximum absolute atomic E-state index is 14.1. The number of rotatable bonds is 3. The minimum absolute atomic E-state index is 0.0806. The van der Waals surface area contributed by atoms with Crippen molar-refractivity contribution in [3.05, 3.63) is 29.1 Å². The van der Waals surface area contributed by atoms with Crippen LogP contribution < -0.4 is 0 Å². The Morgan fingerprint density at radius 1 is 1.40 bits per heavy atom. The van der Waals surface area contributed by atoms with Crippen molar-refractivity contribution in [1.82, 2.24) is 4.90 Å². The number of carbonyl (C=O) groups is 1. The Morgan fingerprint density at radius 3 is 2.45 bits per heavy atom. The molecule has 1 aromatic carbocycles. The molecule has 0 atom stereocenters. The second-order valence-corrected chi connectivity index (χ2v) is 7.61. The number of halogens is 2. The Labute approximate surface area is 121 Å². The lowest BCUT2D eigenvalue weighted by Gasteiger charge is -2.34. The van der Waals surface area contributed by atoms with E-state index < -0.39 is 20.8 Å². The van der Waals surface area contributed by atoms with Gasteiger partial charge in [-0.1, -0.05) is 0 Å². The van der Waals surface area contributed by atoms with Gasteiger partial charge in [0, 0.05) is 23.8 Å². The van der Waals surface area contributed by atoms with Gasteiger partial charge in [-0.25, -0.2) is 12.8 Å². The highest BCUT2D eigenvalue weighted by Crippen LogP contribution is 2.27. The van der Waals surface area contributed by atoms with E-state index in [4.69, 9.17) is 10.7 Å². The lowest BCUT2D eigenvalue weighted by molar-refractivity contribution is 0.0647. The molecule has 1 amide bonds. The average Bonchev–Trinajstić information content (AvgIpc) is 2.27. The number of aryl methyl sites for hydroxylation is 1. The molecular formula is C13H15ClFNO3S. The molecule has 0 radical (unpaired) electrons. The van der Waals surface area contributed by atoms with E-state index in [2.05, 4.69) is 0 Å². The lowest BCUT2D eigenvalue weighted by atomic mass is 9.91. The Kier molecular flexibility index (Phi) is 4.07. The van der Waals surface area contributed by atoms with Crippen LogP contribution in [0.25, 0.3) is 0 Å². The average molecular weight is 320 g/mol. The summed E-state index contributed by atoms with van der Waals surface area (Å²) in [6.45, 7) is 1.40. The first kappa shape index (κ1) is 15.3. The fourth-order valence-electron chi connectivity index (χ4n) is 2.16. The van der Waals surface area contributed by atoms with Gasteiger partial charge in [0.05, 0.1) is 10.5 Å². The van der Waals surface area contributed by atoms with Gasteiger partial charge in [-0.15, -0.1) is 0 Å². The van der Waals surface area contributed by atoms with Crippen LogP contribution in [0.3, 0.4) is 0 Å². The zero-order chi connectivity index (χ0) is 15.1. The third-order valence-electron chi connectivity index (χ3n) is 3.68. The van der Waals surface area contributed by atoms with Gasteiger partial charge in [0.2, 0.25) is 0 Å². The number of amides is 1. The SMILES string of the molecule is Cc1cc(S(=O)(=O)Cl)cc(C(=O)N(C)C2CCC2)c1F. The van der Waals surface area contributed by atoms with Crippen molar-refractivity contribution in [3.63, 3.8) is 0 Å². The van der Waals surface area contributed by atoms with E-state index >= 15 is 0 Å². The van der Waals surface area contributed by atoms with Crippen LogP contribution in [0.15, 0.2) is 17.0 Å². The maximum Gasteiger partial charge on any atom is 0.261 e. The predicted molar refractivity (Wildman–Crippen MR) is 73.9 cm³/mol. The van der Waals surface area contributed by atoms with Crippen LogP contribution in [0.2, 0.25) is 0 Å². The van der Waals surface area contributed by atoms with Gasteiger partial charge in [-0.3, -0.25) is 4.79 Å². The fourth-order valence-corrected chi connectivity index (χ4v) is 3.01. The quantitative estimate of drug-likeness (QED) is 0.805. The van der Waals surface area contributed by atoms with Crippen molar-refractivity contribution >= 4 is 25.6 Å². The summed E-state index contributed by atoms with van der Waals surface area (Å²) in [6, 6.07) is 2.22. The van der Waals surface area contributed by atoms with E-state index in [1.807, 2.05) is 0 Å². The van der Waals surface area contributed by atoms with Crippen molar-refractivity contribution < 1.29 is 17.6 Å². The van der Waals surface area contributed by atoms with Crippen LogP contribution in [0.4, 0.5) is 4.39 Å². The van der Waals surface area contributed by atoms with E-state index in [-0.39, 0.29) is 22.1 Å². The fraction of sp³-hybridized carbons (Fsp3) is 0.462. The number of hydrogen-bond donors (Lipinski definition) is 0. The zero-order valence-electron chi connectivity index (χ0n) is 11.2. The summed E-state index contributed by atoms with van der Waals surface area (Å²) in [6.07, 6.45) is 2.81. The molecule has 4 nitrogen and oxygen atoms in total. The highest BCUT2D eigenvalue weighted by molar-refractivity contribution is 8.13. The van der Waals surface area contributed by atoms with Gasteiger partial charge in [-0.05, 0) is 43.9 Å². The lowest BCUT2D eigenvalue weighted by Crippen LogP contribution is -2.41. The van der Waals surface area contributed by atoms with Crippen LogP contribution in [0.5, 0.6) is 0 Å². The molecule has 2 rings (SSSR count). The van der Waals surface area contributed by atoms with E-state index in [1.54, 1.807) is 7.05 Å². The summed E-state index contributed by atoms with van der Waals surface area (Å²) >= 11 is 0. The monoisotopic (exact) mass is 319 g/mol. The minimum atomic E-state index is -4.00. The van der Waals surface area contributed by atoms with Crippen molar-refractivity contribution in [2.24, 2.45) is 0 Å². The van der Waals surface area contributed by atoms with Crippen molar-refractivity contribution in [2.75, 3.05) is 7.05 Å². The molecule has 1 fully saturated rings. The molecule has 1 aliphatic carbocycles. The maximum atomic E-state index is 14.1. The normalized spacial score (nSPS) is 15.8. The molecule has 0 spiro atoms. The van der Waals surface area contributed by atoms with Crippen molar-refractivity contribution in [2.45, 2.75) is 37.1 Å². The third kappa shape index (κ3) is 2.81. The molecule has 7 heteroatoms. The van der Waals surface area contributed by atoms with Crippen molar-refractivity contribution in [3.8, 4) is 0 Å². The largest absolute Gasteiger partial charge is 0.339 e. The first-order valence-corrected chi connectivity index (χ1v) is 8.54. The van der Waals surface area contributed by atoms with Gasteiger partial charge in [0.15, 0.2) is 0 Å². The molecular weight excluding hydrogens is 305 g/mol. The second-order valence-electron chi connectivity index (χ2n) is 5.04. The number of nitrogens with zero attached hydrogens (tertiary/aromatic N) is 1. The highest BCUT2D eigenvalue weighted by Gasteiger charge is 2.29. The van der Waals surface area contributed by atoms with Crippen LogP contribution in [-0.4, -0.2) is 32.3 Å². The molecule has 1 aliphatic rings. The number of hydrogen-bond acceptors (Lipinski definition) is 3. The topological polar surface area (TPSA) is 54.5 Å². The van der Waals surface area contributed by atoms with Gasteiger partial charge in [-0.2, -0.15) is 0 Å². The van der Waals surface area contributed by atoms with Crippen LogP contribution in [0, 0.1) is 12.7 Å². The molecule has 0 aromatic heterocycles. The Hall–Kier alpha value is -1.14. The predicted octanol–water partition coefficient (Wildman–Crippen LogP) is 2.69. The molecule has 1 saturated carbocycles. The van der Waals surface area contributed by atoms with Crippen LogP contribution in [-0.2, 0) is 9.05 Å². The molecule has 1 aromatic rings. The molecule has 0 bridgehead atoms. The summed E-state index contributed by atoms with van der Waals surface area (Å²) in [5.41, 5.74) is -0.171.